The number of nitrogens with zero attached hydrogens (tertiary/aromatic N) is 1. The normalized spacial score (nSPS) is 11.5. The van der Waals surface area contributed by atoms with Crippen molar-refractivity contribution in [3.8, 4) is 0 Å². The summed E-state index contributed by atoms with van der Waals surface area (Å²) in [5.41, 5.74) is 6.58. The molecule has 0 radical (unpaired) electrons. The van der Waals surface area contributed by atoms with Gasteiger partial charge in [-0.2, -0.15) is 0 Å². The van der Waals surface area contributed by atoms with Gasteiger partial charge in [0.05, 0.1) is 24.1 Å². The molecule has 0 aliphatic heterocycles. The van der Waals surface area contributed by atoms with E-state index in [0.29, 0.717) is 29.6 Å². The van der Waals surface area contributed by atoms with Gasteiger partial charge < -0.3 is 15.8 Å². The van der Waals surface area contributed by atoms with Crippen LogP contribution >= 0.6 is 0 Å². The molecule has 0 aliphatic rings. The highest BCUT2D eigenvalue weighted by Crippen LogP contribution is 2.26. The number of carbonyl (C=O) groups excluding carboxylic acids is 1. The van der Waals surface area contributed by atoms with Crippen molar-refractivity contribution in [1.29, 1.82) is 0 Å². The highest BCUT2D eigenvalue weighted by molar-refractivity contribution is 5.95. The Morgan fingerprint density at radius 3 is 2.70 bits per heavy atom. The molecule has 0 amide bonds. The van der Waals surface area contributed by atoms with Gasteiger partial charge in [0.1, 0.15) is 5.82 Å². The van der Waals surface area contributed by atoms with E-state index in [9.17, 15) is 4.79 Å². The summed E-state index contributed by atoms with van der Waals surface area (Å²) in [6.07, 6.45) is 1.48. The number of esters is 1. The van der Waals surface area contributed by atoms with Crippen molar-refractivity contribution < 1.29 is 9.53 Å². The zero-order chi connectivity index (χ0) is 15.3. The predicted octanol–water partition coefficient (Wildman–Crippen LogP) is 2.93. The Morgan fingerprint density at radius 2 is 2.15 bits per heavy atom. The van der Waals surface area contributed by atoms with E-state index in [1.807, 2.05) is 0 Å². The Hall–Kier alpha value is -1.78. The Bertz CT molecular complexity index is 470. The van der Waals surface area contributed by atoms with E-state index in [4.69, 9.17) is 10.5 Å². The van der Waals surface area contributed by atoms with Gasteiger partial charge in [0.2, 0.25) is 0 Å². The van der Waals surface area contributed by atoms with Gasteiger partial charge in [-0.25, -0.2) is 9.78 Å². The van der Waals surface area contributed by atoms with E-state index < -0.39 is 5.97 Å². The summed E-state index contributed by atoms with van der Waals surface area (Å²) in [6, 6.07) is 1.64. The van der Waals surface area contributed by atoms with Crippen LogP contribution in [0.3, 0.4) is 0 Å². The van der Waals surface area contributed by atoms with Crippen molar-refractivity contribution in [1.82, 2.24) is 4.98 Å². The Labute approximate surface area is 120 Å². The average Bonchev–Trinajstić information content (AvgIpc) is 2.37. The van der Waals surface area contributed by atoms with Gasteiger partial charge in [-0.05, 0) is 24.3 Å². The lowest BCUT2D eigenvalue weighted by Crippen LogP contribution is -2.28. The minimum Gasteiger partial charge on any atom is -0.462 e. The second-order valence-corrected chi connectivity index (χ2v) is 5.87. The maximum absolute atomic E-state index is 11.8. The maximum atomic E-state index is 11.8. The van der Waals surface area contributed by atoms with Crippen molar-refractivity contribution in [2.75, 3.05) is 24.2 Å². The number of pyridine rings is 1. The molecule has 20 heavy (non-hydrogen) atoms. The molecule has 0 saturated carbocycles. The van der Waals surface area contributed by atoms with E-state index in [0.717, 1.165) is 6.54 Å². The molecule has 1 aromatic heterocycles. The second-order valence-electron chi connectivity index (χ2n) is 5.87. The summed E-state index contributed by atoms with van der Waals surface area (Å²) in [7, 11) is 0. The van der Waals surface area contributed by atoms with Crippen LogP contribution in [0.1, 0.15) is 45.0 Å². The highest BCUT2D eigenvalue weighted by atomic mass is 16.5. The second kappa shape index (κ2) is 6.59. The zero-order valence-electron chi connectivity index (χ0n) is 13.0. The van der Waals surface area contributed by atoms with Crippen LogP contribution in [0.4, 0.5) is 11.5 Å². The van der Waals surface area contributed by atoms with Crippen LogP contribution in [0.5, 0.6) is 0 Å². The predicted molar refractivity (Wildman–Crippen MR) is 81.7 cm³/mol. The molecule has 0 spiro atoms. The van der Waals surface area contributed by atoms with E-state index in [1.54, 1.807) is 13.0 Å². The third-order valence-electron chi connectivity index (χ3n) is 3.72. The molecule has 5 heteroatoms. The van der Waals surface area contributed by atoms with E-state index >= 15 is 0 Å². The molecule has 0 bridgehead atoms. The first kappa shape index (κ1) is 16.3. The lowest BCUT2D eigenvalue weighted by molar-refractivity contribution is 0.0527. The standard InChI is InChI=1S/C15H25N3O2/c1-6-20-14(19)11-7-13(17-8-12(11)16)18-9-15(4,5)10(2)3/h7-8,10H,6,9,16H2,1-5H3,(H,17,18). The molecule has 1 heterocycles. The molecule has 3 N–H and O–H groups in total. The van der Waals surface area contributed by atoms with Crippen molar-refractivity contribution in [3.05, 3.63) is 17.8 Å². The summed E-state index contributed by atoms with van der Waals surface area (Å²) >= 11 is 0. The van der Waals surface area contributed by atoms with Crippen LogP contribution in [-0.4, -0.2) is 24.1 Å². The topological polar surface area (TPSA) is 77.2 Å². The molecule has 1 rings (SSSR count). The molecular weight excluding hydrogens is 254 g/mol. The lowest BCUT2D eigenvalue weighted by Gasteiger charge is -2.29. The van der Waals surface area contributed by atoms with Gasteiger partial charge >= 0.3 is 5.97 Å². The first-order valence-electron chi connectivity index (χ1n) is 6.94. The third-order valence-corrected chi connectivity index (χ3v) is 3.72. The van der Waals surface area contributed by atoms with Gasteiger partial charge in [-0.1, -0.05) is 27.7 Å². The monoisotopic (exact) mass is 279 g/mol. The number of carbonyl (C=O) groups is 1. The molecule has 0 atom stereocenters. The number of hydrogen-bond acceptors (Lipinski definition) is 5. The first-order valence-corrected chi connectivity index (χ1v) is 6.94. The summed E-state index contributed by atoms with van der Waals surface area (Å²) in [4.78, 5) is 16.0. The highest BCUT2D eigenvalue weighted by Gasteiger charge is 2.22. The minimum absolute atomic E-state index is 0.132. The molecule has 0 fully saturated rings. The molecular formula is C15H25N3O2. The Balaban J connectivity index is 2.83. The average molecular weight is 279 g/mol. The Morgan fingerprint density at radius 1 is 1.50 bits per heavy atom. The smallest absolute Gasteiger partial charge is 0.340 e. The van der Waals surface area contributed by atoms with Gasteiger partial charge in [0.15, 0.2) is 0 Å². The quantitative estimate of drug-likeness (QED) is 0.783. The van der Waals surface area contributed by atoms with Gasteiger partial charge in [-0.15, -0.1) is 0 Å². The van der Waals surface area contributed by atoms with Crippen LogP contribution in [0.15, 0.2) is 12.3 Å². The summed E-state index contributed by atoms with van der Waals surface area (Å²) in [6.45, 7) is 11.6. The fourth-order valence-corrected chi connectivity index (χ4v) is 1.47. The summed E-state index contributed by atoms with van der Waals surface area (Å²) in [5, 5.41) is 3.26. The molecule has 112 valence electrons. The third kappa shape index (κ3) is 4.11. The molecule has 0 aromatic carbocycles. The number of anilines is 2. The van der Waals surface area contributed by atoms with Crippen molar-refractivity contribution >= 4 is 17.5 Å². The number of nitrogen functional groups attached to an aromatic ring is 1. The number of ether oxygens (including phenoxy) is 1. The minimum atomic E-state index is -0.418. The number of nitrogens with two attached hydrogens (primary N) is 1. The fourth-order valence-electron chi connectivity index (χ4n) is 1.47. The molecule has 0 unspecified atom stereocenters. The lowest BCUT2D eigenvalue weighted by atomic mass is 9.81. The number of hydrogen-bond donors (Lipinski definition) is 2. The van der Waals surface area contributed by atoms with Crippen LogP contribution in [-0.2, 0) is 4.74 Å². The summed E-state index contributed by atoms with van der Waals surface area (Å²) in [5.74, 6) is 0.753. The van der Waals surface area contributed by atoms with Gasteiger partial charge in [0.25, 0.3) is 0 Å². The molecule has 0 aliphatic carbocycles. The van der Waals surface area contributed by atoms with Crippen LogP contribution in [0.25, 0.3) is 0 Å². The summed E-state index contributed by atoms with van der Waals surface area (Å²) < 4.78 is 4.97. The molecule has 1 aromatic rings. The largest absolute Gasteiger partial charge is 0.462 e. The van der Waals surface area contributed by atoms with Crippen LogP contribution < -0.4 is 11.1 Å². The van der Waals surface area contributed by atoms with Crippen LogP contribution in [0, 0.1) is 11.3 Å². The van der Waals surface area contributed by atoms with Gasteiger partial charge in [0, 0.05) is 6.54 Å². The van der Waals surface area contributed by atoms with Crippen LogP contribution in [0.2, 0.25) is 0 Å². The van der Waals surface area contributed by atoms with E-state index in [1.165, 1.54) is 6.20 Å². The van der Waals surface area contributed by atoms with Crippen molar-refractivity contribution in [3.63, 3.8) is 0 Å². The number of aromatic nitrogens is 1. The van der Waals surface area contributed by atoms with E-state index in [2.05, 4.69) is 38.0 Å². The van der Waals surface area contributed by atoms with E-state index in [-0.39, 0.29) is 5.41 Å². The molecule has 0 saturated heterocycles. The molecule has 5 nitrogen and oxygen atoms in total. The van der Waals surface area contributed by atoms with Crippen molar-refractivity contribution in [2.45, 2.75) is 34.6 Å². The van der Waals surface area contributed by atoms with Gasteiger partial charge in [-0.3, -0.25) is 0 Å². The first-order chi connectivity index (χ1) is 9.27. The zero-order valence-corrected chi connectivity index (χ0v) is 13.0. The number of rotatable bonds is 6. The Kier molecular flexibility index (Phi) is 5.36. The van der Waals surface area contributed by atoms with Crippen molar-refractivity contribution in [2.24, 2.45) is 11.3 Å². The SMILES string of the molecule is CCOC(=O)c1cc(NCC(C)(C)C(C)C)ncc1N. The number of nitrogens with one attached hydrogen (secondary N) is 1. The maximum Gasteiger partial charge on any atom is 0.340 e. The fraction of sp³-hybridized carbons (Fsp3) is 0.600.